The Morgan fingerprint density at radius 3 is 2.68 bits per heavy atom. The Bertz CT molecular complexity index is 712. The summed E-state index contributed by atoms with van der Waals surface area (Å²) >= 11 is 0. The summed E-state index contributed by atoms with van der Waals surface area (Å²) < 4.78 is 32.1. The number of hydrogen-bond acceptors (Lipinski definition) is 3. The van der Waals surface area contributed by atoms with Gasteiger partial charge in [-0.05, 0) is 24.6 Å². The van der Waals surface area contributed by atoms with Gasteiger partial charge in [-0.3, -0.25) is 4.79 Å². The number of ether oxygens (including phenoxy) is 1. The van der Waals surface area contributed by atoms with Crippen LogP contribution in [0.25, 0.3) is 10.8 Å². The number of hydrogen-bond donors (Lipinski definition) is 2. The van der Waals surface area contributed by atoms with Gasteiger partial charge < -0.3 is 15.0 Å². The highest BCUT2D eigenvalue weighted by Crippen LogP contribution is 2.30. The lowest BCUT2D eigenvalue weighted by Gasteiger charge is -2.26. The van der Waals surface area contributed by atoms with Crippen LogP contribution in [-0.2, 0) is 11.3 Å². The van der Waals surface area contributed by atoms with Gasteiger partial charge in [-0.25, -0.2) is 8.78 Å². The summed E-state index contributed by atoms with van der Waals surface area (Å²) in [4.78, 5) is 14.6. The highest BCUT2D eigenvalue weighted by Gasteiger charge is 2.24. The molecular formula is C13H12F2N2O2. The lowest BCUT2D eigenvalue weighted by Crippen LogP contribution is -2.30. The molecule has 0 saturated carbocycles. The quantitative estimate of drug-likeness (QED) is 0.772. The minimum atomic E-state index is -1.02. The molecule has 1 atom stereocenters. The molecule has 1 aromatic heterocycles. The van der Waals surface area contributed by atoms with Gasteiger partial charge >= 0.3 is 0 Å². The van der Waals surface area contributed by atoms with Crippen LogP contribution in [0.5, 0.6) is 0 Å². The van der Waals surface area contributed by atoms with Crippen LogP contribution in [0.15, 0.2) is 16.9 Å². The number of fused-ring (bicyclic) bond motifs is 3. The van der Waals surface area contributed by atoms with Crippen molar-refractivity contribution in [2.24, 2.45) is 0 Å². The van der Waals surface area contributed by atoms with Gasteiger partial charge in [0.15, 0.2) is 11.6 Å². The van der Waals surface area contributed by atoms with E-state index in [1.165, 1.54) is 0 Å². The molecule has 6 heteroatoms. The van der Waals surface area contributed by atoms with E-state index in [-0.39, 0.29) is 18.0 Å². The summed E-state index contributed by atoms with van der Waals surface area (Å²) in [5.41, 5.74) is 0.935. The Morgan fingerprint density at radius 1 is 1.32 bits per heavy atom. The number of aromatic nitrogens is 1. The van der Waals surface area contributed by atoms with E-state index in [1.807, 2.05) is 0 Å². The van der Waals surface area contributed by atoms with Crippen LogP contribution in [0.4, 0.5) is 8.78 Å². The second-order valence-corrected chi connectivity index (χ2v) is 4.51. The second kappa shape index (κ2) is 4.40. The third kappa shape index (κ3) is 1.84. The van der Waals surface area contributed by atoms with Crippen LogP contribution in [0.1, 0.15) is 17.3 Å². The van der Waals surface area contributed by atoms with Gasteiger partial charge in [-0.15, -0.1) is 0 Å². The molecule has 0 spiro atoms. The van der Waals surface area contributed by atoms with Crippen molar-refractivity contribution in [3.8, 4) is 0 Å². The molecule has 1 aliphatic rings. The third-order valence-corrected chi connectivity index (χ3v) is 3.41. The lowest BCUT2D eigenvalue weighted by molar-refractivity contribution is 0.0819. The minimum absolute atomic E-state index is 0.153. The number of nitrogens with one attached hydrogen (secondary N) is 2. The Kier molecular flexibility index (Phi) is 2.83. The predicted molar refractivity (Wildman–Crippen MR) is 65.9 cm³/mol. The maximum absolute atomic E-state index is 13.4. The van der Waals surface area contributed by atoms with E-state index in [2.05, 4.69) is 10.3 Å². The first kappa shape index (κ1) is 12.3. The molecule has 0 saturated heterocycles. The Morgan fingerprint density at radius 2 is 2.00 bits per heavy atom. The number of rotatable bonds is 1. The second-order valence-electron chi connectivity index (χ2n) is 4.51. The van der Waals surface area contributed by atoms with Gasteiger partial charge in [0.05, 0.1) is 24.6 Å². The Labute approximate surface area is 107 Å². The maximum Gasteiger partial charge on any atom is 0.256 e. The molecule has 19 heavy (non-hydrogen) atoms. The monoisotopic (exact) mass is 267 g/mol. The predicted octanol–water partition coefficient (Wildman–Crippen LogP) is 1.60. The van der Waals surface area contributed by atoms with E-state index in [0.29, 0.717) is 17.7 Å². The van der Waals surface area contributed by atoms with Crippen LogP contribution in [0, 0.1) is 11.6 Å². The molecule has 0 unspecified atom stereocenters. The summed E-state index contributed by atoms with van der Waals surface area (Å²) in [5, 5.41) is 3.63. The SMILES string of the molecule is [13CH3]N[C@@H]1COCc2[nH]c(=O)c3cc(F)c(F)cc3c21. The van der Waals surface area contributed by atoms with Crippen LogP contribution >= 0.6 is 0 Å². The van der Waals surface area contributed by atoms with Crippen LogP contribution in [0.2, 0.25) is 0 Å². The first-order chi connectivity index (χ1) is 9.11. The number of likely N-dealkylation sites (N-methyl/N-ethyl adjacent to an activating group) is 1. The Hall–Kier alpha value is -1.79. The molecule has 4 nitrogen and oxygen atoms in total. The zero-order valence-electron chi connectivity index (χ0n) is 10.2. The van der Waals surface area contributed by atoms with Crippen molar-refractivity contribution in [1.29, 1.82) is 0 Å². The van der Waals surface area contributed by atoms with Gasteiger partial charge in [-0.2, -0.15) is 0 Å². The molecule has 2 N–H and O–H groups in total. The van der Waals surface area contributed by atoms with E-state index >= 15 is 0 Å². The average Bonchev–Trinajstić information content (AvgIpc) is 2.40. The van der Waals surface area contributed by atoms with Gasteiger partial charge in [0.2, 0.25) is 0 Å². The average molecular weight is 267 g/mol. The zero-order chi connectivity index (χ0) is 13.6. The number of halogens is 2. The first-order valence-corrected chi connectivity index (χ1v) is 5.90. The van der Waals surface area contributed by atoms with E-state index in [9.17, 15) is 13.6 Å². The smallest absolute Gasteiger partial charge is 0.256 e. The van der Waals surface area contributed by atoms with E-state index in [1.54, 1.807) is 7.05 Å². The van der Waals surface area contributed by atoms with Gasteiger partial charge in [0.1, 0.15) is 0 Å². The van der Waals surface area contributed by atoms with Crippen molar-refractivity contribution in [3.63, 3.8) is 0 Å². The highest BCUT2D eigenvalue weighted by atomic mass is 19.2. The van der Waals surface area contributed by atoms with Crippen molar-refractivity contribution in [1.82, 2.24) is 10.3 Å². The van der Waals surface area contributed by atoms with E-state index in [4.69, 9.17) is 4.74 Å². The highest BCUT2D eigenvalue weighted by molar-refractivity contribution is 5.86. The maximum atomic E-state index is 13.4. The number of H-pyrrole nitrogens is 1. The molecule has 0 fully saturated rings. The van der Waals surface area contributed by atoms with E-state index in [0.717, 1.165) is 17.7 Å². The Balaban J connectivity index is 2.42. The number of benzene rings is 1. The summed E-state index contributed by atoms with van der Waals surface area (Å²) in [6.07, 6.45) is 0. The standard InChI is InChI=1S/C13H12F2N2O2/c1-16-10-4-19-5-11-12(10)6-2-8(14)9(15)3-7(6)13(18)17-11/h2-3,10,16H,4-5H2,1H3,(H,17,18)/t10-/m1/s1/i1+1. The van der Waals surface area contributed by atoms with Gasteiger partial charge in [0.25, 0.3) is 5.56 Å². The molecule has 0 radical (unpaired) electrons. The normalized spacial score (nSPS) is 18.6. The largest absolute Gasteiger partial charge is 0.373 e. The van der Waals surface area contributed by atoms with Crippen molar-refractivity contribution < 1.29 is 13.5 Å². The molecule has 100 valence electrons. The fraction of sp³-hybridized carbons (Fsp3) is 0.308. The van der Waals surface area contributed by atoms with Crippen molar-refractivity contribution >= 4 is 10.8 Å². The summed E-state index contributed by atoms with van der Waals surface area (Å²) in [6, 6.07) is 1.85. The molecule has 0 aliphatic carbocycles. The third-order valence-electron chi connectivity index (χ3n) is 3.41. The van der Waals surface area contributed by atoms with Crippen molar-refractivity contribution in [3.05, 3.63) is 45.4 Å². The molecule has 2 aromatic rings. The lowest BCUT2D eigenvalue weighted by atomic mass is 9.97. The van der Waals surface area contributed by atoms with Crippen LogP contribution in [-0.4, -0.2) is 18.6 Å². The van der Waals surface area contributed by atoms with Crippen molar-refractivity contribution in [2.45, 2.75) is 12.6 Å². The summed E-state index contributed by atoms with van der Waals surface area (Å²) in [5.74, 6) is -1.98. The zero-order valence-corrected chi connectivity index (χ0v) is 10.2. The molecular weight excluding hydrogens is 255 g/mol. The molecule has 0 amide bonds. The fourth-order valence-corrected chi connectivity index (χ4v) is 2.49. The number of pyridine rings is 1. The molecule has 2 heterocycles. The topological polar surface area (TPSA) is 54.1 Å². The first-order valence-electron chi connectivity index (χ1n) is 5.90. The molecule has 1 aliphatic heterocycles. The fourth-order valence-electron chi connectivity index (χ4n) is 2.49. The van der Waals surface area contributed by atoms with Gasteiger partial charge in [0, 0.05) is 11.3 Å². The molecule has 1 aromatic carbocycles. The molecule has 3 rings (SSSR count). The van der Waals surface area contributed by atoms with Gasteiger partial charge in [-0.1, -0.05) is 0 Å². The van der Waals surface area contributed by atoms with Crippen LogP contribution < -0.4 is 10.9 Å². The number of aromatic amines is 1. The summed E-state index contributed by atoms with van der Waals surface area (Å²) in [6.45, 7) is 0.682. The minimum Gasteiger partial charge on any atom is -0.373 e. The summed E-state index contributed by atoms with van der Waals surface area (Å²) in [7, 11) is 1.75. The van der Waals surface area contributed by atoms with Crippen molar-refractivity contribution in [2.75, 3.05) is 13.7 Å². The molecule has 0 bridgehead atoms. The van der Waals surface area contributed by atoms with Crippen LogP contribution in [0.3, 0.4) is 0 Å². The van der Waals surface area contributed by atoms with E-state index < -0.39 is 17.2 Å².